The van der Waals surface area contributed by atoms with Crippen LogP contribution in [0, 0.1) is 0 Å². The van der Waals surface area contributed by atoms with Crippen molar-refractivity contribution in [3.05, 3.63) is 58.2 Å². The molecule has 0 bridgehead atoms. The molecule has 25 heavy (non-hydrogen) atoms. The predicted molar refractivity (Wildman–Crippen MR) is 94.3 cm³/mol. The lowest BCUT2D eigenvalue weighted by Crippen LogP contribution is -2.06. The summed E-state index contributed by atoms with van der Waals surface area (Å²) in [5, 5.41) is 10.8. The van der Waals surface area contributed by atoms with Crippen molar-refractivity contribution in [2.75, 3.05) is 6.61 Å². The van der Waals surface area contributed by atoms with Gasteiger partial charge in [0.15, 0.2) is 0 Å². The van der Waals surface area contributed by atoms with Gasteiger partial charge in [-0.15, -0.1) is 0 Å². The normalized spacial score (nSPS) is 10.5. The summed E-state index contributed by atoms with van der Waals surface area (Å²) in [5.41, 5.74) is 1.93. The fourth-order valence-corrected chi connectivity index (χ4v) is 2.43. The number of carbonyl (C=O) groups excluding carboxylic acids is 1. The van der Waals surface area contributed by atoms with E-state index in [0.29, 0.717) is 15.8 Å². The van der Waals surface area contributed by atoms with Crippen LogP contribution in [-0.2, 0) is 4.74 Å². The molecular weight excluding hydrogens is 365 g/mol. The quantitative estimate of drug-likeness (QED) is 0.649. The molecule has 0 saturated carbocycles. The zero-order chi connectivity index (χ0) is 17.8. The van der Waals surface area contributed by atoms with Crippen molar-refractivity contribution < 1.29 is 14.3 Å². The number of halogens is 2. The van der Waals surface area contributed by atoms with Gasteiger partial charge in [0.1, 0.15) is 5.75 Å². The Morgan fingerprint density at radius 1 is 1.08 bits per heavy atom. The fourth-order valence-electron chi connectivity index (χ4n) is 2.13. The van der Waals surface area contributed by atoms with E-state index in [9.17, 15) is 4.79 Å². The predicted octanol–water partition coefficient (Wildman–Crippen LogP) is 4.75. The number of aromatic nitrogens is 3. The Hall–Kier alpha value is -2.57. The molecule has 0 aliphatic carbocycles. The number of carbonyl (C=O) groups is 1. The summed E-state index contributed by atoms with van der Waals surface area (Å²) in [6.07, 6.45) is 0. The second-order valence-electron chi connectivity index (χ2n) is 4.97. The van der Waals surface area contributed by atoms with Gasteiger partial charge in [-0.3, -0.25) is 0 Å². The van der Waals surface area contributed by atoms with Crippen LogP contribution in [0.2, 0.25) is 10.0 Å². The van der Waals surface area contributed by atoms with Crippen molar-refractivity contribution in [1.29, 1.82) is 0 Å². The number of aromatic amines is 1. The molecule has 2 aromatic carbocycles. The standard InChI is InChI=1S/C17H13Cl2N3O3/c1-2-24-17(23)15-16(21-22-20-15)25-12-6-3-10(4-7-12)11-5-8-13(18)14(19)9-11/h3-9H,2H2,1H3,(H,20,21,22). The third-order valence-corrected chi connectivity index (χ3v) is 4.06. The maximum atomic E-state index is 11.8. The van der Waals surface area contributed by atoms with Crippen LogP contribution in [0.4, 0.5) is 0 Å². The first kappa shape index (κ1) is 17.3. The van der Waals surface area contributed by atoms with Gasteiger partial charge in [-0.05, 0) is 42.3 Å². The van der Waals surface area contributed by atoms with Gasteiger partial charge in [-0.2, -0.15) is 0 Å². The maximum absolute atomic E-state index is 11.8. The summed E-state index contributed by atoms with van der Waals surface area (Å²) in [5.74, 6) is -0.0149. The van der Waals surface area contributed by atoms with E-state index >= 15 is 0 Å². The molecule has 1 N–H and O–H groups in total. The minimum Gasteiger partial charge on any atom is -0.461 e. The van der Waals surface area contributed by atoms with E-state index in [1.165, 1.54) is 0 Å². The molecule has 128 valence electrons. The highest BCUT2D eigenvalue weighted by atomic mass is 35.5. The lowest BCUT2D eigenvalue weighted by molar-refractivity contribution is 0.0516. The van der Waals surface area contributed by atoms with Crippen LogP contribution in [0.1, 0.15) is 17.4 Å². The van der Waals surface area contributed by atoms with Crippen molar-refractivity contribution in [3.8, 4) is 22.8 Å². The summed E-state index contributed by atoms with van der Waals surface area (Å²) in [6, 6.07) is 12.6. The second kappa shape index (κ2) is 7.55. The van der Waals surface area contributed by atoms with Crippen LogP contribution in [0.15, 0.2) is 42.5 Å². The lowest BCUT2D eigenvalue weighted by Gasteiger charge is -2.07. The molecule has 0 saturated heterocycles. The highest BCUT2D eigenvalue weighted by Crippen LogP contribution is 2.30. The average molecular weight is 378 g/mol. The molecule has 0 aliphatic rings. The van der Waals surface area contributed by atoms with Gasteiger partial charge in [0.2, 0.25) is 5.69 Å². The summed E-state index contributed by atoms with van der Waals surface area (Å²) in [4.78, 5) is 11.8. The van der Waals surface area contributed by atoms with E-state index in [1.807, 2.05) is 18.2 Å². The minimum absolute atomic E-state index is 0.0562. The molecule has 0 atom stereocenters. The number of H-pyrrole nitrogens is 1. The first-order valence-corrected chi connectivity index (χ1v) is 8.15. The van der Waals surface area contributed by atoms with E-state index in [-0.39, 0.29) is 18.2 Å². The number of hydrogen-bond donors (Lipinski definition) is 1. The van der Waals surface area contributed by atoms with Crippen molar-refractivity contribution in [2.24, 2.45) is 0 Å². The summed E-state index contributed by atoms with van der Waals surface area (Å²) >= 11 is 12.0. The number of ether oxygens (including phenoxy) is 2. The third kappa shape index (κ3) is 3.92. The van der Waals surface area contributed by atoms with E-state index in [0.717, 1.165) is 11.1 Å². The van der Waals surface area contributed by atoms with Gasteiger partial charge in [-0.1, -0.05) is 51.7 Å². The SMILES string of the molecule is CCOC(=O)c1[nH]nnc1Oc1ccc(-c2ccc(Cl)c(Cl)c2)cc1. The molecule has 0 spiro atoms. The monoisotopic (exact) mass is 377 g/mol. The van der Waals surface area contributed by atoms with E-state index in [2.05, 4.69) is 15.4 Å². The number of nitrogens with zero attached hydrogens (tertiary/aromatic N) is 2. The Morgan fingerprint density at radius 3 is 2.48 bits per heavy atom. The lowest BCUT2D eigenvalue weighted by atomic mass is 10.1. The van der Waals surface area contributed by atoms with Crippen LogP contribution >= 0.6 is 23.2 Å². The van der Waals surface area contributed by atoms with Crippen LogP contribution in [0.5, 0.6) is 11.6 Å². The van der Waals surface area contributed by atoms with Crippen molar-refractivity contribution in [3.63, 3.8) is 0 Å². The molecule has 0 fully saturated rings. The highest BCUT2D eigenvalue weighted by Gasteiger charge is 2.18. The maximum Gasteiger partial charge on any atom is 0.362 e. The van der Waals surface area contributed by atoms with Crippen LogP contribution in [-0.4, -0.2) is 28.0 Å². The number of rotatable bonds is 5. The molecule has 1 aromatic heterocycles. The van der Waals surface area contributed by atoms with Gasteiger partial charge in [0, 0.05) is 0 Å². The molecule has 0 radical (unpaired) electrons. The Bertz CT molecular complexity index is 894. The van der Waals surface area contributed by atoms with Crippen molar-refractivity contribution >= 4 is 29.2 Å². The van der Waals surface area contributed by atoms with Gasteiger partial charge in [-0.25, -0.2) is 9.89 Å². The van der Waals surface area contributed by atoms with Crippen molar-refractivity contribution in [1.82, 2.24) is 15.4 Å². The average Bonchev–Trinajstić information content (AvgIpc) is 3.06. The number of benzene rings is 2. The van der Waals surface area contributed by atoms with Crippen LogP contribution in [0.3, 0.4) is 0 Å². The van der Waals surface area contributed by atoms with Crippen LogP contribution < -0.4 is 4.74 Å². The van der Waals surface area contributed by atoms with Crippen LogP contribution in [0.25, 0.3) is 11.1 Å². The zero-order valence-electron chi connectivity index (χ0n) is 13.1. The van der Waals surface area contributed by atoms with E-state index in [4.69, 9.17) is 32.7 Å². The van der Waals surface area contributed by atoms with E-state index in [1.54, 1.807) is 31.2 Å². The molecule has 0 amide bonds. The zero-order valence-corrected chi connectivity index (χ0v) is 14.6. The molecule has 0 unspecified atom stereocenters. The number of hydrogen-bond acceptors (Lipinski definition) is 5. The number of esters is 1. The first-order valence-electron chi connectivity index (χ1n) is 7.40. The smallest absolute Gasteiger partial charge is 0.362 e. The fraction of sp³-hybridized carbons (Fsp3) is 0.118. The third-order valence-electron chi connectivity index (χ3n) is 3.32. The minimum atomic E-state index is -0.574. The molecule has 3 aromatic rings. The molecule has 1 heterocycles. The second-order valence-corrected chi connectivity index (χ2v) is 5.78. The largest absolute Gasteiger partial charge is 0.461 e. The van der Waals surface area contributed by atoms with Gasteiger partial charge < -0.3 is 9.47 Å². The Kier molecular flexibility index (Phi) is 5.21. The highest BCUT2D eigenvalue weighted by molar-refractivity contribution is 6.42. The number of nitrogens with one attached hydrogen (secondary N) is 1. The topological polar surface area (TPSA) is 77.1 Å². The molecular formula is C17H13Cl2N3O3. The molecule has 0 aliphatic heterocycles. The van der Waals surface area contributed by atoms with E-state index < -0.39 is 5.97 Å². The molecule has 3 rings (SSSR count). The Morgan fingerprint density at radius 2 is 1.80 bits per heavy atom. The molecule has 6 nitrogen and oxygen atoms in total. The van der Waals surface area contributed by atoms with Gasteiger partial charge in [0.05, 0.1) is 16.7 Å². The Labute approximate surface area is 153 Å². The Balaban J connectivity index is 1.78. The summed E-state index contributed by atoms with van der Waals surface area (Å²) in [6.45, 7) is 1.96. The summed E-state index contributed by atoms with van der Waals surface area (Å²) in [7, 11) is 0. The molecule has 8 heteroatoms. The first-order chi connectivity index (χ1) is 12.1. The van der Waals surface area contributed by atoms with Gasteiger partial charge >= 0.3 is 5.97 Å². The van der Waals surface area contributed by atoms with Crippen molar-refractivity contribution in [2.45, 2.75) is 6.92 Å². The summed E-state index contributed by atoms with van der Waals surface area (Å²) < 4.78 is 10.5. The van der Waals surface area contributed by atoms with Gasteiger partial charge in [0.25, 0.3) is 5.88 Å².